The number of hydrogen-bond donors (Lipinski definition) is 2. The molecule has 0 aliphatic rings. The van der Waals surface area contributed by atoms with E-state index >= 15 is 0 Å². The van der Waals surface area contributed by atoms with Gasteiger partial charge in [0, 0.05) is 54.2 Å². The quantitative estimate of drug-likeness (QED) is 0.396. The van der Waals surface area contributed by atoms with E-state index in [-0.39, 0.29) is 5.95 Å². The number of pyridine rings is 1. The highest BCUT2D eigenvalue weighted by molar-refractivity contribution is 5.98. The molecule has 0 aliphatic carbocycles. The number of aryl methyl sites for hydroxylation is 2. The number of ether oxygens (including phenoxy) is 1. The minimum Gasteiger partial charge on any atom is -0.437 e. The van der Waals surface area contributed by atoms with Crippen LogP contribution in [0, 0.1) is 6.92 Å². The normalized spacial score (nSPS) is 11.0. The molecule has 0 unspecified atom stereocenters. The fourth-order valence-electron chi connectivity index (χ4n) is 3.78. The van der Waals surface area contributed by atoms with E-state index in [0.29, 0.717) is 18.1 Å². The Hall–Kier alpha value is -4.46. The Balaban J connectivity index is 1.52. The second-order valence-corrected chi connectivity index (χ2v) is 7.75. The van der Waals surface area contributed by atoms with Gasteiger partial charge in [-0.05, 0) is 36.8 Å². The van der Waals surface area contributed by atoms with Crippen LogP contribution in [-0.4, -0.2) is 24.7 Å². The Morgan fingerprint density at radius 1 is 1.00 bits per heavy atom. The van der Waals surface area contributed by atoms with Crippen molar-refractivity contribution in [1.82, 2.24) is 24.7 Å². The van der Waals surface area contributed by atoms with Crippen LogP contribution in [-0.2, 0) is 13.6 Å². The zero-order valence-corrected chi connectivity index (χ0v) is 18.4. The maximum Gasteiger partial charge on any atom is 0.228 e. The van der Waals surface area contributed by atoms with Gasteiger partial charge in [-0.15, -0.1) is 0 Å². The van der Waals surface area contributed by atoms with E-state index in [0.717, 1.165) is 38.9 Å². The molecule has 0 bridgehead atoms. The highest BCUT2D eigenvalue weighted by Gasteiger charge is 2.15. The highest BCUT2D eigenvalue weighted by atomic mass is 16.5. The van der Waals surface area contributed by atoms with Crippen molar-refractivity contribution in [2.75, 3.05) is 11.1 Å². The van der Waals surface area contributed by atoms with E-state index in [9.17, 15) is 0 Å². The first-order valence-corrected chi connectivity index (χ1v) is 10.5. The summed E-state index contributed by atoms with van der Waals surface area (Å²) in [6.45, 7) is 2.70. The van der Waals surface area contributed by atoms with Crippen LogP contribution in [0.3, 0.4) is 0 Å². The van der Waals surface area contributed by atoms with Gasteiger partial charge in [0.2, 0.25) is 11.8 Å². The molecule has 0 aliphatic heterocycles. The molecule has 164 valence electrons. The van der Waals surface area contributed by atoms with E-state index < -0.39 is 0 Å². The van der Waals surface area contributed by atoms with Crippen LogP contribution < -0.4 is 15.8 Å². The van der Waals surface area contributed by atoms with Crippen molar-refractivity contribution in [3.8, 4) is 22.9 Å². The highest BCUT2D eigenvalue weighted by Crippen LogP contribution is 2.38. The summed E-state index contributed by atoms with van der Waals surface area (Å²) in [5.74, 6) is 1.41. The van der Waals surface area contributed by atoms with Gasteiger partial charge < -0.3 is 15.8 Å². The molecular formula is C25H23N7O. The number of nitrogens with two attached hydrogens (primary N) is 1. The third kappa shape index (κ3) is 4.18. The summed E-state index contributed by atoms with van der Waals surface area (Å²) in [4.78, 5) is 12.8. The van der Waals surface area contributed by atoms with E-state index in [2.05, 4.69) is 49.6 Å². The minimum absolute atomic E-state index is 0.202. The van der Waals surface area contributed by atoms with Gasteiger partial charge >= 0.3 is 0 Å². The largest absolute Gasteiger partial charge is 0.437 e. The lowest BCUT2D eigenvalue weighted by Gasteiger charge is -2.16. The van der Waals surface area contributed by atoms with Gasteiger partial charge in [0.25, 0.3) is 0 Å². The second kappa shape index (κ2) is 8.58. The Bertz CT molecular complexity index is 1440. The summed E-state index contributed by atoms with van der Waals surface area (Å²) in [5, 5.41) is 9.80. The summed E-state index contributed by atoms with van der Waals surface area (Å²) >= 11 is 0. The maximum absolute atomic E-state index is 6.42. The number of fused-ring (bicyclic) bond motifs is 1. The van der Waals surface area contributed by atoms with Crippen LogP contribution in [0.15, 0.2) is 73.3 Å². The van der Waals surface area contributed by atoms with Crippen LogP contribution in [0.1, 0.15) is 11.1 Å². The Morgan fingerprint density at radius 2 is 1.91 bits per heavy atom. The van der Waals surface area contributed by atoms with Crippen LogP contribution >= 0.6 is 0 Å². The molecule has 0 radical (unpaired) electrons. The molecule has 0 saturated heterocycles. The molecule has 33 heavy (non-hydrogen) atoms. The van der Waals surface area contributed by atoms with Gasteiger partial charge in [0.1, 0.15) is 5.75 Å². The summed E-state index contributed by atoms with van der Waals surface area (Å²) in [5.41, 5.74) is 10.3. The first-order chi connectivity index (χ1) is 16.1. The molecule has 8 nitrogen and oxygen atoms in total. The number of nitrogen functional groups attached to an aromatic ring is 1. The number of hydrogen-bond acceptors (Lipinski definition) is 7. The van der Waals surface area contributed by atoms with Crippen molar-refractivity contribution in [2.45, 2.75) is 13.5 Å². The molecule has 2 aromatic carbocycles. The third-order valence-electron chi connectivity index (χ3n) is 5.37. The van der Waals surface area contributed by atoms with E-state index in [1.807, 2.05) is 44.6 Å². The van der Waals surface area contributed by atoms with Gasteiger partial charge in [-0.1, -0.05) is 24.3 Å². The van der Waals surface area contributed by atoms with Crippen molar-refractivity contribution in [3.63, 3.8) is 0 Å². The molecule has 0 saturated carbocycles. The van der Waals surface area contributed by atoms with Crippen molar-refractivity contribution in [1.29, 1.82) is 0 Å². The topological polar surface area (TPSA) is 104 Å². The van der Waals surface area contributed by atoms with Gasteiger partial charge in [-0.2, -0.15) is 5.10 Å². The molecule has 8 heteroatoms. The minimum atomic E-state index is 0.202. The number of benzene rings is 2. The number of aromatic nitrogens is 5. The number of nitrogens with one attached hydrogen (secondary N) is 1. The molecule has 3 N–H and O–H groups in total. The zero-order valence-electron chi connectivity index (χ0n) is 18.4. The van der Waals surface area contributed by atoms with Crippen molar-refractivity contribution >= 4 is 22.4 Å². The van der Waals surface area contributed by atoms with Gasteiger partial charge in [-0.25, -0.2) is 15.0 Å². The van der Waals surface area contributed by atoms with Crippen LogP contribution in [0.4, 0.5) is 11.6 Å². The Morgan fingerprint density at radius 3 is 2.73 bits per heavy atom. The lowest BCUT2D eigenvalue weighted by molar-refractivity contribution is 0.466. The van der Waals surface area contributed by atoms with E-state index in [1.54, 1.807) is 23.1 Å². The molecule has 0 spiro atoms. The first kappa shape index (κ1) is 20.4. The SMILES string of the molecule is Cc1ccc2c(NCc3cnn(C)c3)cccc2c1Oc1ncccc1-c1ccnc(N)n1. The fraction of sp³-hybridized carbons (Fsp3) is 0.120. The van der Waals surface area contributed by atoms with E-state index in [1.165, 1.54) is 0 Å². The predicted molar refractivity (Wildman–Crippen MR) is 129 cm³/mol. The Kier molecular flexibility index (Phi) is 5.32. The smallest absolute Gasteiger partial charge is 0.228 e. The lowest BCUT2D eigenvalue weighted by atomic mass is 10.0. The van der Waals surface area contributed by atoms with Crippen molar-refractivity contribution in [3.05, 3.63) is 84.4 Å². The van der Waals surface area contributed by atoms with Gasteiger partial charge in [0.05, 0.1) is 17.5 Å². The number of nitrogens with zero attached hydrogens (tertiary/aromatic N) is 5. The summed E-state index contributed by atoms with van der Waals surface area (Å²) in [6, 6.07) is 15.8. The molecule has 3 heterocycles. The first-order valence-electron chi connectivity index (χ1n) is 10.5. The fourth-order valence-corrected chi connectivity index (χ4v) is 3.78. The molecule has 0 amide bonds. The van der Waals surface area contributed by atoms with Crippen LogP contribution in [0.2, 0.25) is 0 Å². The Labute approximate surface area is 191 Å². The summed E-state index contributed by atoms with van der Waals surface area (Å²) in [6.07, 6.45) is 7.18. The average Bonchev–Trinajstić information content (AvgIpc) is 3.25. The van der Waals surface area contributed by atoms with Crippen LogP contribution in [0.5, 0.6) is 11.6 Å². The molecule has 0 fully saturated rings. The van der Waals surface area contributed by atoms with E-state index in [4.69, 9.17) is 10.5 Å². The second-order valence-electron chi connectivity index (χ2n) is 7.75. The van der Waals surface area contributed by atoms with Gasteiger partial charge in [-0.3, -0.25) is 4.68 Å². The molecule has 5 rings (SSSR count). The van der Waals surface area contributed by atoms with Crippen molar-refractivity contribution < 1.29 is 4.74 Å². The third-order valence-corrected chi connectivity index (χ3v) is 5.37. The zero-order chi connectivity index (χ0) is 22.8. The molecule has 5 aromatic rings. The maximum atomic E-state index is 6.42. The molecule has 3 aromatic heterocycles. The average molecular weight is 438 g/mol. The van der Waals surface area contributed by atoms with Gasteiger partial charge in [0.15, 0.2) is 0 Å². The summed E-state index contributed by atoms with van der Waals surface area (Å²) in [7, 11) is 1.91. The van der Waals surface area contributed by atoms with Crippen LogP contribution in [0.25, 0.3) is 22.0 Å². The standard InChI is InChI=1S/C25H23N7O/c1-16-8-9-18-19(5-3-7-21(18)29-13-17-14-30-32(2)15-17)23(16)33-24-20(6-4-11-27-24)22-10-12-28-25(26)31-22/h3-12,14-15,29H,13H2,1-2H3,(H2,26,28,31). The number of anilines is 2. The monoisotopic (exact) mass is 437 g/mol. The molecule has 0 atom stereocenters. The molecular weight excluding hydrogens is 414 g/mol. The van der Waals surface area contributed by atoms with Crippen molar-refractivity contribution in [2.24, 2.45) is 7.05 Å². The number of rotatable bonds is 6. The summed E-state index contributed by atoms with van der Waals surface area (Å²) < 4.78 is 8.21. The predicted octanol–water partition coefficient (Wildman–Crippen LogP) is 4.72. The lowest BCUT2D eigenvalue weighted by Crippen LogP contribution is -2.00.